The van der Waals surface area contributed by atoms with Crippen molar-refractivity contribution in [2.24, 2.45) is 0 Å². The molecule has 0 radical (unpaired) electrons. The summed E-state index contributed by atoms with van der Waals surface area (Å²) in [5.41, 5.74) is 3.67. The number of halogens is 1. The van der Waals surface area contributed by atoms with Gasteiger partial charge in [0.1, 0.15) is 11.5 Å². The van der Waals surface area contributed by atoms with Gasteiger partial charge in [-0.2, -0.15) is 10.2 Å². The number of nitrogens with zero attached hydrogens (tertiary/aromatic N) is 4. The number of aromatic nitrogens is 5. The second kappa shape index (κ2) is 6.79. The Kier molecular flexibility index (Phi) is 4.14. The van der Waals surface area contributed by atoms with Crippen molar-refractivity contribution in [1.82, 2.24) is 30.3 Å². The maximum absolute atomic E-state index is 6.37. The zero-order valence-corrected chi connectivity index (χ0v) is 15.5. The standard InChI is InChI=1S/C20H19ClN6/c21-16-6-2-1-5-14(16)19-15-11-13(7-8-17(15)23-25-19)20-22-18(24-26-20)12-27-9-3-4-10-27/h1-2,5-8,11H,3-4,9-10,12H2,(H,23,25)(H,22,24,26). The van der Waals surface area contributed by atoms with E-state index in [2.05, 4.69) is 31.4 Å². The van der Waals surface area contributed by atoms with Crippen molar-refractivity contribution in [1.29, 1.82) is 0 Å². The quantitative estimate of drug-likeness (QED) is 0.556. The molecular formula is C20H19ClN6. The normalized spacial score (nSPS) is 15.0. The molecule has 6 nitrogen and oxygen atoms in total. The van der Waals surface area contributed by atoms with E-state index in [-0.39, 0.29) is 0 Å². The molecular weight excluding hydrogens is 360 g/mol. The molecule has 0 atom stereocenters. The Morgan fingerprint density at radius 1 is 1.00 bits per heavy atom. The average molecular weight is 379 g/mol. The molecule has 7 heteroatoms. The molecule has 5 rings (SSSR count). The van der Waals surface area contributed by atoms with E-state index in [1.165, 1.54) is 12.8 Å². The van der Waals surface area contributed by atoms with E-state index in [0.29, 0.717) is 10.8 Å². The van der Waals surface area contributed by atoms with Crippen molar-refractivity contribution < 1.29 is 0 Å². The van der Waals surface area contributed by atoms with Gasteiger partial charge in [0.25, 0.3) is 0 Å². The molecule has 2 aromatic heterocycles. The molecule has 3 heterocycles. The molecule has 1 aliphatic rings. The number of hydrogen-bond donors (Lipinski definition) is 2. The molecule has 0 aliphatic carbocycles. The second-order valence-electron chi connectivity index (χ2n) is 6.90. The van der Waals surface area contributed by atoms with Crippen molar-refractivity contribution in [3.63, 3.8) is 0 Å². The number of nitrogens with one attached hydrogen (secondary N) is 2. The van der Waals surface area contributed by atoms with Crippen LogP contribution in [-0.4, -0.2) is 43.4 Å². The highest BCUT2D eigenvalue weighted by Crippen LogP contribution is 2.33. The summed E-state index contributed by atoms with van der Waals surface area (Å²) >= 11 is 6.37. The Hall–Kier alpha value is -2.70. The van der Waals surface area contributed by atoms with Crippen molar-refractivity contribution in [2.75, 3.05) is 13.1 Å². The Morgan fingerprint density at radius 3 is 2.70 bits per heavy atom. The average Bonchev–Trinajstić information content (AvgIpc) is 3.43. The topological polar surface area (TPSA) is 73.5 Å². The van der Waals surface area contributed by atoms with Crippen LogP contribution in [-0.2, 0) is 6.54 Å². The predicted molar refractivity (Wildman–Crippen MR) is 106 cm³/mol. The lowest BCUT2D eigenvalue weighted by atomic mass is 10.1. The fourth-order valence-corrected chi connectivity index (χ4v) is 3.88. The van der Waals surface area contributed by atoms with Gasteiger partial charge in [-0.15, -0.1) is 0 Å². The van der Waals surface area contributed by atoms with Gasteiger partial charge in [-0.1, -0.05) is 29.8 Å². The van der Waals surface area contributed by atoms with Crippen molar-refractivity contribution in [3.8, 4) is 22.6 Å². The van der Waals surface area contributed by atoms with Gasteiger partial charge in [-0.25, -0.2) is 4.98 Å². The largest absolute Gasteiger partial charge is 0.296 e. The van der Waals surface area contributed by atoms with Gasteiger partial charge in [0.15, 0.2) is 5.82 Å². The fraction of sp³-hybridized carbons (Fsp3) is 0.250. The summed E-state index contributed by atoms with van der Waals surface area (Å²) in [6.45, 7) is 3.10. The Labute approximate surface area is 161 Å². The van der Waals surface area contributed by atoms with E-state index < -0.39 is 0 Å². The summed E-state index contributed by atoms with van der Waals surface area (Å²) in [6, 6.07) is 13.8. The highest BCUT2D eigenvalue weighted by Gasteiger charge is 2.16. The van der Waals surface area contributed by atoms with Crippen LogP contribution in [0.15, 0.2) is 42.5 Å². The minimum Gasteiger partial charge on any atom is -0.296 e. The lowest BCUT2D eigenvalue weighted by Gasteiger charge is -2.11. The molecule has 0 unspecified atom stereocenters. The highest BCUT2D eigenvalue weighted by atomic mass is 35.5. The van der Waals surface area contributed by atoms with Gasteiger partial charge >= 0.3 is 0 Å². The summed E-state index contributed by atoms with van der Waals surface area (Å²) in [5, 5.41) is 16.7. The van der Waals surface area contributed by atoms with E-state index in [1.54, 1.807) is 0 Å². The predicted octanol–water partition coefficient (Wildman–Crippen LogP) is 4.26. The van der Waals surface area contributed by atoms with Gasteiger partial charge < -0.3 is 0 Å². The maximum atomic E-state index is 6.37. The van der Waals surface area contributed by atoms with Crippen LogP contribution in [0, 0.1) is 0 Å². The van der Waals surface area contributed by atoms with Crippen molar-refractivity contribution in [2.45, 2.75) is 19.4 Å². The Morgan fingerprint density at radius 2 is 1.85 bits per heavy atom. The molecule has 27 heavy (non-hydrogen) atoms. The van der Waals surface area contributed by atoms with E-state index in [1.807, 2.05) is 36.4 Å². The molecule has 4 aromatic rings. The van der Waals surface area contributed by atoms with Crippen LogP contribution in [0.2, 0.25) is 5.02 Å². The molecule has 136 valence electrons. The number of aromatic amines is 2. The third-order valence-corrected chi connectivity index (χ3v) is 5.38. The van der Waals surface area contributed by atoms with Crippen LogP contribution in [0.1, 0.15) is 18.7 Å². The van der Waals surface area contributed by atoms with Crippen molar-refractivity contribution >= 4 is 22.5 Å². The highest BCUT2D eigenvalue weighted by molar-refractivity contribution is 6.33. The monoisotopic (exact) mass is 378 g/mol. The van der Waals surface area contributed by atoms with Gasteiger partial charge in [0.2, 0.25) is 0 Å². The number of benzene rings is 2. The molecule has 2 aromatic carbocycles. The summed E-state index contributed by atoms with van der Waals surface area (Å²) in [7, 11) is 0. The minimum atomic E-state index is 0.682. The number of fused-ring (bicyclic) bond motifs is 1. The van der Waals surface area contributed by atoms with Crippen LogP contribution >= 0.6 is 11.6 Å². The van der Waals surface area contributed by atoms with Gasteiger partial charge in [0, 0.05) is 16.5 Å². The number of hydrogen-bond acceptors (Lipinski definition) is 4. The minimum absolute atomic E-state index is 0.682. The molecule has 0 saturated carbocycles. The number of rotatable bonds is 4. The zero-order chi connectivity index (χ0) is 18.2. The molecule has 0 bridgehead atoms. The van der Waals surface area contributed by atoms with E-state index in [9.17, 15) is 0 Å². The van der Waals surface area contributed by atoms with Gasteiger partial charge in [0.05, 0.1) is 17.1 Å². The lowest BCUT2D eigenvalue weighted by Crippen LogP contribution is -2.19. The van der Waals surface area contributed by atoms with Crippen LogP contribution in [0.25, 0.3) is 33.5 Å². The van der Waals surface area contributed by atoms with E-state index in [0.717, 1.165) is 53.2 Å². The van der Waals surface area contributed by atoms with Crippen LogP contribution < -0.4 is 0 Å². The molecule has 0 amide bonds. The second-order valence-corrected chi connectivity index (χ2v) is 7.31. The van der Waals surface area contributed by atoms with Crippen LogP contribution in [0.4, 0.5) is 0 Å². The lowest BCUT2D eigenvalue weighted by molar-refractivity contribution is 0.323. The number of likely N-dealkylation sites (tertiary alicyclic amines) is 1. The molecule has 1 aliphatic heterocycles. The molecule has 0 spiro atoms. The Bertz CT molecular complexity index is 1090. The van der Waals surface area contributed by atoms with E-state index >= 15 is 0 Å². The third kappa shape index (κ3) is 3.11. The zero-order valence-electron chi connectivity index (χ0n) is 14.7. The number of H-pyrrole nitrogens is 2. The first kappa shape index (κ1) is 16.5. The van der Waals surface area contributed by atoms with Crippen molar-refractivity contribution in [3.05, 3.63) is 53.3 Å². The summed E-state index contributed by atoms with van der Waals surface area (Å²) in [6.07, 6.45) is 2.53. The first-order chi connectivity index (χ1) is 13.3. The van der Waals surface area contributed by atoms with Gasteiger partial charge in [-0.05, 0) is 50.2 Å². The van der Waals surface area contributed by atoms with Crippen LogP contribution in [0.3, 0.4) is 0 Å². The summed E-state index contributed by atoms with van der Waals surface area (Å²) in [5.74, 6) is 1.61. The van der Waals surface area contributed by atoms with E-state index in [4.69, 9.17) is 16.6 Å². The van der Waals surface area contributed by atoms with Crippen LogP contribution in [0.5, 0.6) is 0 Å². The third-order valence-electron chi connectivity index (χ3n) is 5.05. The SMILES string of the molecule is Clc1ccccc1-c1n[nH]c2ccc(-c3n[nH]c(CN4CCCC4)n3)cc12. The molecule has 1 saturated heterocycles. The smallest absolute Gasteiger partial charge is 0.181 e. The Balaban J connectivity index is 1.50. The summed E-state index contributed by atoms with van der Waals surface area (Å²) in [4.78, 5) is 7.09. The molecule has 2 N–H and O–H groups in total. The first-order valence-electron chi connectivity index (χ1n) is 9.15. The first-order valence-corrected chi connectivity index (χ1v) is 9.53. The summed E-state index contributed by atoms with van der Waals surface area (Å²) < 4.78 is 0. The van der Waals surface area contributed by atoms with Gasteiger partial charge in [-0.3, -0.25) is 15.1 Å². The molecule has 1 fully saturated rings. The maximum Gasteiger partial charge on any atom is 0.181 e. The fourth-order valence-electron chi connectivity index (χ4n) is 3.66.